The summed E-state index contributed by atoms with van der Waals surface area (Å²) in [5.74, 6) is -1.23. The van der Waals surface area contributed by atoms with Crippen LogP contribution in [0.5, 0.6) is 0 Å². The summed E-state index contributed by atoms with van der Waals surface area (Å²) in [4.78, 5) is 11.6. The fourth-order valence-corrected chi connectivity index (χ4v) is 5.37. The number of benzene rings is 3. The highest BCUT2D eigenvalue weighted by atomic mass is 32.2. The maximum absolute atomic E-state index is 13.2. The smallest absolute Gasteiger partial charge is 0.324 e. The zero-order chi connectivity index (χ0) is 24.5. The standard InChI is InChI=1S/C27H28N2O4S/c1-27(2,3)22-11-9-20(10-12-22)18-28-16-15-21-17-23(13-14-25(21)28)29(19-26(30)31)34(32,33)24-7-5-4-6-8-24/h4-17H,18-19H2,1-3H3,(H,30,31). The van der Waals surface area contributed by atoms with Gasteiger partial charge in [-0.1, -0.05) is 63.2 Å². The minimum atomic E-state index is -4.03. The number of fused-ring (bicyclic) bond motifs is 1. The highest BCUT2D eigenvalue weighted by Gasteiger charge is 2.27. The number of hydrogen-bond donors (Lipinski definition) is 1. The molecular formula is C27H28N2O4S. The molecule has 0 radical (unpaired) electrons. The molecule has 1 heterocycles. The number of carboxylic acids is 1. The number of rotatable bonds is 7. The first kappa shape index (κ1) is 23.6. The summed E-state index contributed by atoms with van der Waals surface area (Å²) in [5.41, 5.74) is 3.78. The lowest BCUT2D eigenvalue weighted by Gasteiger charge is -2.23. The monoisotopic (exact) mass is 476 g/mol. The van der Waals surface area contributed by atoms with Gasteiger partial charge in [0.25, 0.3) is 10.0 Å². The Labute approximate surface area is 200 Å². The fourth-order valence-electron chi connectivity index (χ4n) is 3.94. The number of carbonyl (C=O) groups is 1. The Bertz CT molecular complexity index is 1420. The molecule has 0 fully saturated rings. The topological polar surface area (TPSA) is 79.6 Å². The molecule has 0 unspecified atom stereocenters. The van der Waals surface area contributed by atoms with Crippen LogP contribution in [0.15, 0.2) is 90.0 Å². The molecule has 0 amide bonds. The Balaban J connectivity index is 1.66. The average molecular weight is 477 g/mol. The predicted molar refractivity (Wildman–Crippen MR) is 135 cm³/mol. The van der Waals surface area contributed by atoms with Gasteiger partial charge in [0, 0.05) is 23.6 Å². The molecule has 6 nitrogen and oxygen atoms in total. The van der Waals surface area contributed by atoms with E-state index >= 15 is 0 Å². The van der Waals surface area contributed by atoms with Gasteiger partial charge in [-0.25, -0.2) is 8.42 Å². The average Bonchev–Trinajstić information content (AvgIpc) is 3.19. The molecule has 4 rings (SSSR count). The number of hydrogen-bond acceptors (Lipinski definition) is 3. The van der Waals surface area contributed by atoms with Gasteiger partial charge in [0.2, 0.25) is 0 Å². The van der Waals surface area contributed by atoms with Crippen molar-refractivity contribution < 1.29 is 18.3 Å². The molecule has 0 spiro atoms. The molecule has 0 atom stereocenters. The molecule has 3 aromatic carbocycles. The molecule has 1 N–H and O–H groups in total. The Morgan fingerprint density at radius 3 is 2.24 bits per heavy atom. The van der Waals surface area contributed by atoms with Gasteiger partial charge in [-0.05, 0) is 52.9 Å². The highest BCUT2D eigenvalue weighted by Crippen LogP contribution is 2.29. The normalized spacial score (nSPS) is 12.1. The van der Waals surface area contributed by atoms with E-state index in [0.717, 1.165) is 20.8 Å². The Morgan fingerprint density at radius 2 is 1.62 bits per heavy atom. The number of anilines is 1. The van der Waals surface area contributed by atoms with Gasteiger partial charge in [-0.15, -0.1) is 0 Å². The van der Waals surface area contributed by atoms with Gasteiger partial charge in [-0.3, -0.25) is 9.10 Å². The van der Waals surface area contributed by atoms with Crippen molar-refractivity contribution in [3.63, 3.8) is 0 Å². The SMILES string of the molecule is CC(C)(C)c1ccc(Cn2ccc3cc(N(CC(=O)O)S(=O)(=O)c4ccccc4)ccc32)cc1. The van der Waals surface area contributed by atoms with E-state index in [0.29, 0.717) is 12.2 Å². The molecular weight excluding hydrogens is 448 g/mol. The summed E-state index contributed by atoms with van der Waals surface area (Å²) in [5, 5.41) is 10.2. The predicted octanol–water partition coefficient (Wildman–Crippen LogP) is 5.27. The lowest BCUT2D eigenvalue weighted by atomic mass is 9.87. The number of aromatic nitrogens is 1. The third-order valence-corrected chi connectivity index (χ3v) is 7.61. The van der Waals surface area contributed by atoms with E-state index in [1.807, 2.05) is 18.3 Å². The van der Waals surface area contributed by atoms with Crippen LogP contribution in [-0.2, 0) is 26.8 Å². The molecule has 0 aliphatic heterocycles. The number of aliphatic carboxylic acids is 1. The van der Waals surface area contributed by atoms with Crippen molar-refractivity contribution in [3.8, 4) is 0 Å². The van der Waals surface area contributed by atoms with Crippen molar-refractivity contribution in [3.05, 3.63) is 96.2 Å². The number of sulfonamides is 1. The van der Waals surface area contributed by atoms with Gasteiger partial charge in [0.1, 0.15) is 6.54 Å². The van der Waals surface area contributed by atoms with Gasteiger partial charge in [-0.2, -0.15) is 0 Å². The molecule has 34 heavy (non-hydrogen) atoms. The Morgan fingerprint density at radius 1 is 0.941 bits per heavy atom. The molecule has 1 aromatic heterocycles. The maximum atomic E-state index is 13.2. The number of nitrogens with zero attached hydrogens (tertiary/aromatic N) is 2. The van der Waals surface area contributed by atoms with Crippen LogP contribution in [0.25, 0.3) is 10.9 Å². The summed E-state index contributed by atoms with van der Waals surface area (Å²) in [7, 11) is -4.03. The summed E-state index contributed by atoms with van der Waals surface area (Å²) in [6, 6.07) is 23.5. The molecule has 0 saturated heterocycles. The minimum absolute atomic E-state index is 0.0487. The van der Waals surface area contributed by atoms with Gasteiger partial charge >= 0.3 is 5.97 Å². The molecule has 0 bridgehead atoms. The quantitative estimate of drug-likeness (QED) is 0.394. The van der Waals surface area contributed by atoms with E-state index in [1.54, 1.807) is 30.3 Å². The summed E-state index contributed by atoms with van der Waals surface area (Å²) in [6.45, 7) is 6.57. The Kier molecular flexibility index (Phi) is 6.23. The molecule has 0 aliphatic rings. The van der Waals surface area contributed by atoms with E-state index in [9.17, 15) is 18.3 Å². The minimum Gasteiger partial charge on any atom is -0.480 e. The molecule has 4 aromatic rings. The van der Waals surface area contributed by atoms with Crippen molar-refractivity contribution in [2.24, 2.45) is 0 Å². The van der Waals surface area contributed by atoms with Crippen LogP contribution in [0.1, 0.15) is 31.9 Å². The second kappa shape index (κ2) is 8.99. The van der Waals surface area contributed by atoms with E-state index in [1.165, 1.54) is 17.7 Å². The van der Waals surface area contributed by atoms with Crippen LogP contribution < -0.4 is 4.31 Å². The lowest BCUT2D eigenvalue weighted by Crippen LogP contribution is -2.35. The molecule has 0 saturated carbocycles. The van der Waals surface area contributed by atoms with E-state index in [4.69, 9.17) is 0 Å². The summed E-state index contributed by atoms with van der Waals surface area (Å²) < 4.78 is 29.4. The number of carboxylic acid groups (broad SMARTS) is 1. The second-order valence-electron chi connectivity index (χ2n) is 9.35. The molecule has 176 valence electrons. The van der Waals surface area contributed by atoms with E-state index < -0.39 is 22.5 Å². The largest absolute Gasteiger partial charge is 0.480 e. The van der Waals surface area contributed by atoms with Crippen LogP contribution >= 0.6 is 0 Å². The third kappa shape index (κ3) is 4.84. The van der Waals surface area contributed by atoms with Gasteiger partial charge in [0.15, 0.2) is 0 Å². The van der Waals surface area contributed by atoms with Crippen LogP contribution in [-0.4, -0.2) is 30.6 Å². The summed E-state index contributed by atoms with van der Waals surface area (Å²) in [6.07, 6.45) is 1.96. The third-order valence-electron chi connectivity index (χ3n) is 5.83. The maximum Gasteiger partial charge on any atom is 0.324 e. The first-order chi connectivity index (χ1) is 16.1. The molecule has 0 aliphatic carbocycles. The van der Waals surface area contributed by atoms with Crippen LogP contribution in [0.4, 0.5) is 5.69 Å². The second-order valence-corrected chi connectivity index (χ2v) is 11.2. The van der Waals surface area contributed by atoms with Gasteiger partial charge in [0.05, 0.1) is 10.6 Å². The van der Waals surface area contributed by atoms with Crippen molar-refractivity contribution in [1.82, 2.24) is 4.57 Å². The van der Waals surface area contributed by atoms with Crippen LogP contribution in [0.2, 0.25) is 0 Å². The van der Waals surface area contributed by atoms with Gasteiger partial charge < -0.3 is 9.67 Å². The van der Waals surface area contributed by atoms with Crippen LogP contribution in [0, 0.1) is 0 Å². The first-order valence-electron chi connectivity index (χ1n) is 11.0. The lowest BCUT2D eigenvalue weighted by molar-refractivity contribution is -0.135. The van der Waals surface area contributed by atoms with Crippen LogP contribution in [0.3, 0.4) is 0 Å². The first-order valence-corrected chi connectivity index (χ1v) is 12.5. The van der Waals surface area contributed by atoms with Crippen molar-refractivity contribution in [1.29, 1.82) is 0 Å². The highest BCUT2D eigenvalue weighted by molar-refractivity contribution is 7.92. The van der Waals surface area contributed by atoms with Crippen molar-refractivity contribution in [2.45, 2.75) is 37.6 Å². The van der Waals surface area contributed by atoms with Crippen molar-refractivity contribution in [2.75, 3.05) is 10.8 Å². The zero-order valence-corrected chi connectivity index (χ0v) is 20.3. The van der Waals surface area contributed by atoms with Crippen molar-refractivity contribution >= 4 is 32.6 Å². The molecule has 7 heteroatoms. The Hall–Kier alpha value is -3.58. The summed E-state index contributed by atoms with van der Waals surface area (Å²) >= 11 is 0. The fraction of sp³-hybridized carbons (Fsp3) is 0.222. The van der Waals surface area contributed by atoms with E-state index in [-0.39, 0.29) is 10.3 Å². The zero-order valence-electron chi connectivity index (χ0n) is 19.5. The van der Waals surface area contributed by atoms with E-state index in [2.05, 4.69) is 49.6 Å².